The molecule has 0 bridgehead atoms. The molecule has 14 heteroatoms. The fourth-order valence-electron chi connectivity index (χ4n) is 1.22. The molecule has 0 unspecified atom stereocenters. The van der Waals surface area contributed by atoms with Crippen molar-refractivity contribution < 1.29 is 48.1 Å². The molecule has 0 saturated carbocycles. The van der Waals surface area contributed by atoms with E-state index in [9.17, 15) is 43.2 Å². The molecule has 0 amide bonds. The lowest BCUT2D eigenvalue weighted by Crippen LogP contribution is -3.04. The average Bonchev–Trinajstić information content (AvgIpc) is 2.35. The molecule has 0 aliphatic rings. The van der Waals surface area contributed by atoms with Gasteiger partial charge in [0.15, 0.2) is 20.0 Å². The molecule has 0 saturated heterocycles. The third-order valence-corrected chi connectivity index (χ3v) is 4.92. The highest BCUT2D eigenvalue weighted by Crippen LogP contribution is 2.36. The molecule has 25 heavy (non-hydrogen) atoms. The standard InChI is InChI=1S/C9H13N.C2F6NO4S2/c1-10(2)8-9-6-4-3-5-7-9;3-1(4,5)14(10,11)9-15(12,13)2(6,7)8/h3-7H,8H2,1-2H3;/q;-1/p+1. The van der Waals surface area contributed by atoms with Gasteiger partial charge in [0, 0.05) is 5.56 Å². The number of quaternary nitrogens is 1. The zero-order valence-electron chi connectivity index (χ0n) is 12.8. The molecule has 0 heterocycles. The van der Waals surface area contributed by atoms with Gasteiger partial charge in [-0.2, -0.15) is 26.3 Å². The van der Waals surface area contributed by atoms with Gasteiger partial charge in [-0.1, -0.05) is 30.3 Å². The molecule has 0 aromatic heterocycles. The summed E-state index contributed by atoms with van der Waals surface area (Å²) in [5.74, 6) is 0. The zero-order valence-corrected chi connectivity index (χ0v) is 14.4. The van der Waals surface area contributed by atoms with Crippen LogP contribution in [-0.4, -0.2) is 41.9 Å². The largest absolute Gasteiger partial charge is 0.480 e. The van der Waals surface area contributed by atoms with E-state index in [2.05, 4.69) is 44.4 Å². The van der Waals surface area contributed by atoms with Crippen molar-refractivity contribution in [1.29, 1.82) is 0 Å². The van der Waals surface area contributed by atoms with E-state index in [-0.39, 0.29) is 0 Å². The minimum atomic E-state index is -6.72. The maximum atomic E-state index is 11.4. The van der Waals surface area contributed by atoms with Crippen LogP contribution in [0.5, 0.6) is 0 Å². The van der Waals surface area contributed by atoms with Crippen molar-refractivity contribution in [3.8, 4) is 0 Å². The Kier molecular flexibility index (Phi) is 7.87. The molecule has 0 aliphatic carbocycles. The number of nitrogens with zero attached hydrogens (tertiary/aromatic N) is 1. The van der Waals surface area contributed by atoms with E-state index < -0.39 is 31.1 Å². The van der Waals surface area contributed by atoms with E-state index in [0.717, 1.165) is 10.7 Å². The van der Waals surface area contributed by atoms with E-state index in [4.69, 9.17) is 0 Å². The predicted octanol–water partition coefficient (Wildman–Crippen LogP) is 1.39. The van der Waals surface area contributed by atoms with Crippen LogP contribution in [0.3, 0.4) is 0 Å². The lowest BCUT2D eigenvalue weighted by molar-refractivity contribution is -0.872. The van der Waals surface area contributed by atoms with Crippen molar-refractivity contribution in [1.82, 2.24) is 0 Å². The van der Waals surface area contributed by atoms with E-state index in [1.54, 1.807) is 0 Å². The Morgan fingerprint density at radius 1 is 0.840 bits per heavy atom. The van der Waals surface area contributed by atoms with Crippen molar-refractivity contribution in [3.05, 3.63) is 40.0 Å². The summed E-state index contributed by atoms with van der Waals surface area (Å²) in [5.41, 5.74) is -11.0. The smallest absolute Gasteiger partial charge is 0.421 e. The summed E-state index contributed by atoms with van der Waals surface area (Å²) in [6, 6.07) is 10.5. The fourth-order valence-corrected chi connectivity index (χ4v) is 2.93. The first-order chi connectivity index (χ1) is 11.0. The van der Waals surface area contributed by atoms with Crippen LogP contribution in [0.4, 0.5) is 26.3 Å². The zero-order chi connectivity index (χ0) is 20.1. The van der Waals surface area contributed by atoms with Gasteiger partial charge in [-0.05, 0) is 0 Å². The van der Waals surface area contributed by atoms with Crippen LogP contribution in [0.2, 0.25) is 0 Å². The molecule has 0 atom stereocenters. The van der Waals surface area contributed by atoms with Gasteiger partial charge in [-0.25, -0.2) is 16.8 Å². The summed E-state index contributed by atoms with van der Waals surface area (Å²) < 4.78 is 109. The number of hydrogen-bond acceptors (Lipinski definition) is 4. The first-order valence-corrected chi connectivity index (χ1v) is 9.07. The molecule has 146 valence electrons. The second-order valence-electron chi connectivity index (χ2n) is 4.79. The number of benzene rings is 1. The predicted molar refractivity (Wildman–Crippen MR) is 76.3 cm³/mol. The molecule has 6 nitrogen and oxygen atoms in total. The highest BCUT2D eigenvalue weighted by atomic mass is 32.3. The van der Waals surface area contributed by atoms with Crippen molar-refractivity contribution >= 4 is 20.0 Å². The molecule has 1 aromatic rings. The fraction of sp³-hybridized carbons (Fsp3) is 0.455. The normalized spacial score (nSPS) is 13.3. The molecule has 0 radical (unpaired) electrons. The molecular weight excluding hydrogens is 402 g/mol. The van der Waals surface area contributed by atoms with Crippen LogP contribution in [0, 0.1) is 0 Å². The maximum Gasteiger partial charge on any atom is 0.480 e. The molecule has 1 N–H and O–H groups in total. The summed E-state index contributed by atoms with van der Waals surface area (Å²) in [6.45, 7) is 1.11. The summed E-state index contributed by atoms with van der Waals surface area (Å²) in [6.07, 6.45) is 0. The van der Waals surface area contributed by atoms with E-state index in [1.165, 1.54) is 10.5 Å². The first kappa shape index (κ1) is 23.6. The minimum Gasteiger partial charge on any atom is -0.421 e. The van der Waals surface area contributed by atoms with Crippen molar-refractivity contribution in [2.24, 2.45) is 0 Å². The van der Waals surface area contributed by atoms with Crippen LogP contribution < -0.4 is 4.90 Å². The van der Waals surface area contributed by atoms with Gasteiger partial charge in [0.25, 0.3) is 0 Å². The van der Waals surface area contributed by atoms with E-state index in [1.807, 2.05) is 0 Å². The second kappa shape index (κ2) is 8.33. The van der Waals surface area contributed by atoms with E-state index >= 15 is 0 Å². The third kappa shape index (κ3) is 8.02. The quantitative estimate of drug-likeness (QED) is 0.752. The number of sulfonamides is 2. The Morgan fingerprint density at radius 2 is 1.20 bits per heavy atom. The number of alkyl halides is 6. The van der Waals surface area contributed by atoms with Crippen LogP contribution >= 0.6 is 0 Å². The molecule has 1 aromatic carbocycles. The Balaban J connectivity index is 0.000000496. The average molecular weight is 416 g/mol. The highest BCUT2D eigenvalue weighted by molar-refractivity contribution is 8.13. The van der Waals surface area contributed by atoms with Gasteiger partial charge < -0.3 is 9.03 Å². The van der Waals surface area contributed by atoms with Crippen LogP contribution in [0.1, 0.15) is 5.56 Å². The van der Waals surface area contributed by atoms with Gasteiger partial charge in [-0.3, -0.25) is 0 Å². The Labute approximate surface area is 140 Å². The lowest BCUT2D eigenvalue weighted by atomic mass is 10.2. The van der Waals surface area contributed by atoms with Gasteiger partial charge in [0.05, 0.1) is 14.1 Å². The Hall–Kier alpha value is -1.38. The molecule has 1 rings (SSSR count). The number of halogens is 6. The van der Waals surface area contributed by atoms with Crippen LogP contribution in [-0.2, 0) is 26.6 Å². The minimum absolute atomic E-state index is 0.778. The van der Waals surface area contributed by atoms with Gasteiger partial charge in [0.1, 0.15) is 6.54 Å². The molecule has 0 spiro atoms. The third-order valence-electron chi connectivity index (χ3n) is 2.18. The first-order valence-electron chi connectivity index (χ1n) is 6.19. The van der Waals surface area contributed by atoms with Crippen LogP contribution in [0.25, 0.3) is 4.13 Å². The molecular formula is C11H14F6N2O4S2. The Morgan fingerprint density at radius 3 is 1.48 bits per heavy atom. The summed E-state index contributed by atoms with van der Waals surface area (Å²) in [5, 5.41) is 0. The Bertz CT molecular complexity index is 701. The summed E-state index contributed by atoms with van der Waals surface area (Å²) in [4.78, 5) is 1.46. The van der Waals surface area contributed by atoms with Crippen molar-refractivity contribution in [3.63, 3.8) is 0 Å². The lowest BCUT2D eigenvalue weighted by Gasteiger charge is -2.22. The van der Waals surface area contributed by atoms with Crippen molar-refractivity contribution in [2.45, 2.75) is 17.6 Å². The molecule has 0 aliphatic heterocycles. The van der Waals surface area contributed by atoms with Crippen molar-refractivity contribution in [2.75, 3.05) is 14.1 Å². The molecule has 0 fully saturated rings. The monoisotopic (exact) mass is 416 g/mol. The second-order valence-corrected chi connectivity index (χ2v) is 8.21. The summed E-state index contributed by atoms with van der Waals surface area (Å²) >= 11 is 0. The highest BCUT2D eigenvalue weighted by Gasteiger charge is 2.46. The topological polar surface area (TPSA) is 86.8 Å². The van der Waals surface area contributed by atoms with Crippen LogP contribution in [0.15, 0.2) is 30.3 Å². The van der Waals surface area contributed by atoms with E-state index in [0.29, 0.717) is 0 Å². The van der Waals surface area contributed by atoms with Gasteiger partial charge >= 0.3 is 11.0 Å². The van der Waals surface area contributed by atoms with Gasteiger partial charge in [0.2, 0.25) is 0 Å². The maximum absolute atomic E-state index is 11.4. The summed E-state index contributed by atoms with van der Waals surface area (Å²) in [7, 11) is -9.12. The number of rotatable bonds is 4. The number of nitrogens with one attached hydrogen (secondary N) is 1. The SMILES string of the molecule is C[NH+](C)Cc1ccccc1.O=S(=O)([N-]S(=O)(=O)C(F)(F)F)C(F)(F)F. The van der Waals surface area contributed by atoms with Gasteiger partial charge in [-0.15, -0.1) is 0 Å². The number of hydrogen-bond donors (Lipinski definition) is 1.